The third-order valence-corrected chi connectivity index (χ3v) is 5.79. The molecule has 8 heteroatoms. The van der Waals surface area contributed by atoms with Crippen molar-refractivity contribution in [1.82, 2.24) is 4.72 Å². The first kappa shape index (κ1) is 16.4. The minimum absolute atomic E-state index is 0.0202. The minimum atomic E-state index is -3.76. The molecule has 1 fully saturated rings. The Bertz CT molecular complexity index is 653. The Morgan fingerprint density at radius 1 is 1.52 bits per heavy atom. The van der Waals surface area contributed by atoms with E-state index < -0.39 is 16.0 Å². The van der Waals surface area contributed by atoms with E-state index in [-0.39, 0.29) is 22.9 Å². The van der Waals surface area contributed by atoms with Crippen LogP contribution in [0.1, 0.15) is 22.3 Å². The lowest BCUT2D eigenvalue weighted by molar-refractivity contribution is 0.0696. The van der Waals surface area contributed by atoms with Crippen molar-refractivity contribution in [3.8, 4) is 0 Å². The molecule has 0 amide bonds. The van der Waals surface area contributed by atoms with Gasteiger partial charge >= 0.3 is 5.97 Å². The van der Waals surface area contributed by atoms with Crippen molar-refractivity contribution >= 4 is 31.9 Å². The van der Waals surface area contributed by atoms with E-state index in [0.29, 0.717) is 23.2 Å². The van der Waals surface area contributed by atoms with Gasteiger partial charge in [-0.25, -0.2) is 17.9 Å². The Kier molecular flexibility index (Phi) is 5.03. The highest BCUT2D eigenvalue weighted by Crippen LogP contribution is 2.26. The molecule has 1 atom stereocenters. The van der Waals surface area contributed by atoms with Crippen LogP contribution in [0.4, 0.5) is 0 Å². The van der Waals surface area contributed by atoms with E-state index in [4.69, 9.17) is 9.84 Å². The molecular formula is C13H16BrNO5S. The van der Waals surface area contributed by atoms with Gasteiger partial charge in [-0.05, 0) is 37.0 Å². The lowest BCUT2D eigenvalue weighted by Crippen LogP contribution is -2.30. The predicted octanol–water partition coefficient (Wildman–Crippen LogP) is 1.77. The van der Waals surface area contributed by atoms with E-state index in [1.165, 1.54) is 12.1 Å². The number of benzene rings is 1. The average molecular weight is 378 g/mol. The van der Waals surface area contributed by atoms with Crippen molar-refractivity contribution < 1.29 is 23.1 Å². The summed E-state index contributed by atoms with van der Waals surface area (Å²) in [4.78, 5) is 11.0. The normalized spacial score (nSPS) is 18.9. The molecule has 0 aliphatic carbocycles. The van der Waals surface area contributed by atoms with Crippen molar-refractivity contribution in [1.29, 1.82) is 0 Å². The summed E-state index contributed by atoms with van der Waals surface area (Å²) in [5.41, 5.74) is 0.409. The van der Waals surface area contributed by atoms with Crippen LogP contribution in [-0.2, 0) is 14.8 Å². The maximum atomic E-state index is 12.4. The summed E-state index contributed by atoms with van der Waals surface area (Å²) in [5.74, 6) is -1.01. The topological polar surface area (TPSA) is 92.7 Å². The number of sulfonamides is 1. The SMILES string of the molecule is Cc1c(Br)cc(C(=O)O)cc1S(=O)(=O)NCC1CCOC1. The van der Waals surface area contributed by atoms with E-state index in [1.54, 1.807) is 6.92 Å². The predicted molar refractivity (Wildman–Crippen MR) is 80.0 cm³/mol. The summed E-state index contributed by atoms with van der Waals surface area (Å²) >= 11 is 3.20. The Balaban J connectivity index is 2.27. The van der Waals surface area contributed by atoms with Crippen LogP contribution in [0.2, 0.25) is 0 Å². The lowest BCUT2D eigenvalue weighted by Gasteiger charge is -2.13. The Labute approximate surface area is 131 Å². The number of ether oxygens (including phenoxy) is 1. The highest BCUT2D eigenvalue weighted by Gasteiger charge is 2.23. The quantitative estimate of drug-likeness (QED) is 0.815. The zero-order valence-electron chi connectivity index (χ0n) is 11.4. The molecule has 1 unspecified atom stereocenters. The van der Waals surface area contributed by atoms with Gasteiger partial charge in [-0.2, -0.15) is 0 Å². The average Bonchev–Trinajstić information content (AvgIpc) is 2.92. The summed E-state index contributed by atoms with van der Waals surface area (Å²) in [7, 11) is -3.76. The Morgan fingerprint density at radius 3 is 2.81 bits per heavy atom. The van der Waals surface area contributed by atoms with Gasteiger partial charge in [0.05, 0.1) is 17.1 Å². The molecule has 1 saturated heterocycles. The summed E-state index contributed by atoms with van der Waals surface area (Å²) in [6.07, 6.45) is 0.820. The van der Waals surface area contributed by atoms with E-state index in [9.17, 15) is 13.2 Å². The Hall–Kier alpha value is -0.960. The summed E-state index contributed by atoms with van der Waals surface area (Å²) in [6.45, 7) is 3.10. The molecule has 21 heavy (non-hydrogen) atoms. The molecule has 0 bridgehead atoms. The fourth-order valence-corrected chi connectivity index (χ4v) is 4.10. The largest absolute Gasteiger partial charge is 0.478 e. The van der Waals surface area contributed by atoms with Crippen LogP contribution >= 0.6 is 15.9 Å². The number of rotatable bonds is 5. The van der Waals surface area contributed by atoms with Crippen LogP contribution in [-0.4, -0.2) is 39.3 Å². The second-order valence-electron chi connectivity index (χ2n) is 4.97. The third-order valence-electron chi connectivity index (χ3n) is 3.42. The van der Waals surface area contributed by atoms with Gasteiger partial charge in [0.15, 0.2) is 0 Å². The molecule has 6 nitrogen and oxygen atoms in total. The first-order valence-corrected chi connectivity index (χ1v) is 8.69. The molecule has 2 rings (SSSR count). The van der Waals surface area contributed by atoms with Gasteiger partial charge in [0, 0.05) is 17.6 Å². The van der Waals surface area contributed by atoms with Gasteiger partial charge in [0.1, 0.15) is 0 Å². The van der Waals surface area contributed by atoms with Crippen LogP contribution in [0.5, 0.6) is 0 Å². The van der Waals surface area contributed by atoms with Crippen LogP contribution in [0.3, 0.4) is 0 Å². The molecule has 0 radical (unpaired) electrons. The molecule has 1 aliphatic rings. The molecular weight excluding hydrogens is 362 g/mol. The van der Waals surface area contributed by atoms with Crippen molar-refractivity contribution in [2.24, 2.45) is 5.92 Å². The smallest absolute Gasteiger partial charge is 0.335 e. The van der Waals surface area contributed by atoms with E-state index in [0.717, 1.165) is 6.42 Å². The third kappa shape index (κ3) is 3.82. The highest BCUT2D eigenvalue weighted by atomic mass is 79.9. The number of carbonyl (C=O) groups is 1. The zero-order chi connectivity index (χ0) is 15.6. The van der Waals surface area contributed by atoms with Crippen LogP contribution in [0.15, 0.2) is 21.5 Å². The van der Waals surface area contributed by atoms with Crippen LogP contribution in [0.25, 0.3) is 0 Å². The van der Waals surface area contributed by atoms with Gasteiger partial charge in [0.2, 0.25) is 10.0 Å². The number of carboxylic acids is 1. The number of halogens is 1. The van der Waals surface area contributed by atoms with Crippen molar-refractivity contribution in [3.63, 3.8) is 0 Å². The van der Waals surface area contributed by atoms with E-state index in [1.807, 2.05) is 0 Å². The second kappa shape index (κ2) is 6.43. The summed E-state index contributed by atoms with van der Waals surface area (Å²) < 4.78 is 32.9. The van der Waals surface area contributed by atoms with Crippen molar-refractivity contribution in [3.05, 3.63) is 27.7 Å². The van der Waals surface area contributed by atoms with Crippen molar-refractivity contribution in [2.75, 3.05) is 19.8 Å². The first-order chi connectivity index (χ1) is 9.81. The van der Waals surface area contributed by atoms with Gasteiger partial charge in [0.25, 0.3) is 0 Å². The lowest BCUT2D eigenvalue weighted by atomic mass is 10.1. The summed E-state index contributed by atoms with van der Waals surface area (Å²) in [6, 6.07) is 2.57. The maximum absolute atomic E-state index is 12.4. The van der Waals surface area contributed by atoms with Gasteiger partial charge in [-0.3, -0.25) is 0 Å². The molecule has 1 aliphatic heterocycles. The Morgan fingerprint density at radius 2 is 2.24 bits per heavy atom. The highest BCUT2D eigenvalue weighted by molar-refractivity contribution is 9.10. The fraction of sp³-hybridized carbons (Fsp3) is 0.462. The van der Waals surface area contributed by atoms with Crippen LogP contribution < -0.4 is 4.72 Å². The number of aromatic carboxylic acids is 1. The molecule has 1 heterocycles. The molecule has 1 aromatic rings. The fourth-order valence-electron chi connectivity index (χ4n) is 2.11. The van der Waals surface area contributed by atoms with Crippen LogP contribution in [0, 0.1) is 12.8 Å². The maximum Gasteiger partial charge on any atom is 0.335 e. The number of hydrogen-bond donors (Lipinski definition) is 2. The molecule has 116 valence electrons. The number of carboxylic acid groups (broad SMARTS) is 1. The second-order valence-corrected chi connectivity index (χ2v) is 7.56. The first-order valence-electron chi connectivity index (χ1n) is 6.42. The van der Waals surface area contributed by atoms with E-state index >= 15 is 0 Å². The number of nitrogens with one attached hydrogen (secondary N) is 1. The van der Waals surface area contributed by atoms with Gasteiger partial charge < -0.3 is 9.84 Å². The van der Waals surface area contributed by atoms with Crippen molar-refractivity contribution in [2.45, 2.75) is 18.2 Å². The zero-order valence-corrected chi connectivity index (χ0v) is 13.8. The van der Waals surface area contributed by atoms with E-state index in [2.05, 4.69) is 20.7 Å². The number of hydrogen-bond acceptors (Lipinski definition) is 4. The molecule has 0 aromatic heterocycles. The molecule has 1 aromatic carbocycles. The van der Waals surface area contributed by atoms with Gasteiger partial charge in [-0.15, -0.1) is 0 Å². The molecule has 2 N–H and O–H groups in total. The monoisotopic (exact) mass is 377 g/mol. The standard InChI is InChI=1S/C13H16BrNO5S/c1-8-11(14)4-10(13(16)17)5-12(8)21(18,19)15-6-9-2-3-20-7-9/h4-5,9,15H,2-3,6-7H2,1H3,(H,16,17). The minimum Gasteiger partial charge on any atom is -0.478 e. The molecule has 0 spiro atoms. The molecule has 0 saturated carbocycles. The summed E-state index contributed by atoms with van der Waals surface area (Å²) in [5, 5.41) is 9.04. The van der Waals surface area contributed by atoms with Gasteiger partial charge in [-0.1, -0.05) is 15.9 Å².